The number of hydrogen-bond acceptors (Lipinski definition) is 6. The van der Waals surface area contributed by atoms with Gasteiger partial charge in [-0.1, -0.05) is 13.8 Å². The summed E-state index contributed by atoms with van der Waals surface area (Å²) in [6.07, 6.45) is 7.81. The zero-order valence-corrected chi connectivity index (χ0v) is 14.2. The Hall–Kier alpha value is -1.82. The van der Waals surface area contributed by atoms with E-state index in [1.54, 1.807) is 0 Å². The Morgan fingerprint density at radius 1 is 1.17 bits per heavy atom. The molecule has 0 radical (unpaired) electrons. The normalized spacial score (nSPS) is 22.4. The Bertz CT molecular complexity index is 624. The summed E-state index contributed by atoms with van der Waals surface area (Å²) in [6, 6.07) is 0.375. The lowest BCUT2D eigenvalue weighted by atomic mass is 9.90. The van der Waals surface area contributed by atoms with E-state index < -0.39 is 0 Å². The first-order chi connectivity index (χ1) is 11.2. The predicted molar refractivity (Wildman–Crippen MR) is 86.9 cm³/mol. The van der Waals surface area contributed by atoms with Gasteiger partial charge in [-0.25, -0.2) is 9.97 Å². The molecule has 0 saturated carbocycles. The second kappa shape index (κ2) is 7.17. The van der Waals surface area contributed by atoms with Crippen molar-refractivity contribution in [2.24, 2.45) is 0 Å². The highest BCUT2D eigenvalue weighted by Crippen LogP contribution is 2.32. The fourth-order valence-corrected chi connectivity index (χ4v) is 3.21. The monoisotopic (exact) mass is 315 g/mol. The first-order valence-electron chi connectivity index (χ1n) is 8.57. The van der Waals surface area contributed by atoms with Crippen LogP contribution in [0.1, 0.15) is 62.7 Å². The molecule has 2 aromatic heterocycles. The van der Waals surface area contributed by atoms with E-state index in [4.69, 9.17) is 4.42 Å². The van der Waals surface area contributed by atoms with Crippen LogP contribution in [0.25, 0.3) is 0 Å². The number of hydrogen-bond donors (Lipinski definition) is 0. The molecule has 0 N–H and O–H groups in total. The second-order valence-electron chi connectivity index (χ2n) is 6.21. The molecule has 2 aromatic rings. The molecule has 3 rings (SSSR count). The fourth-order valence-electron chi connectivity index (χ4n) is 3.21. The standard InChI is InChI=1S/C17H25N5O/c1-4-15-18-9-13(10-19-15)11-22-8-6-7-14(12(22)3)17-21-20-16(5-2)23-17/h9-10,12,14H,4-8,11H2,1-3H3/t12-,14-/m0/s1. The van der Waals surface area contributed by atoms with Crippen LogP contribution in [-0.2, 0) is 19.4 Å². The molecule has 1 aliphatic heterocycles. The number of rotatable bonds is 5. The minimum Gasteiger partial charge on any atom is -0.425 e. The summed E-state index contributed by atoms with van der Waals surface area (Å²) in [7, 11) is 0. The van der Waals surface area contributed by atoms with Crippen LogP contribution in [0.15, 0.2) is 16.8 Å². The quantitative estimate of drug-likeness (QED) is 0.845. The Kier molecular flexibility index (Phi) is 5.00. The van der Waals surface area contributed by atoms with Gasteiger partial charge in [0.05, 0.1) is 5.92 Å². The van der Waals surface area contributed by atoms with Crippen LogP contribution in [0.2, 0.25) is 0 Å². The Balaban J connectivity index is 1.69. The van der Waals surface area contributed by atoms with Crippen molar-refractivity contribution >= 4 is 0 Å². The van der Waals surface area contributed by atoms with Crippen LogP contribution in [0, 0.1) is 0 Å². The van der Waals surface area contributed by atoms with Crippen molar-refractivity contribution in [1.82, 2.24) is 25.1 Å². The van der Waals surface area contributed by atoms with E-state index in [0.717, 1.165) is 61.9 Å². The summed E-state index contributed by atoms with van der Waals surface area (Å²) in [5.41, 5.74) is 1.16. The molecule has 3 heterocycles. The van der Waals surface area contributed by atoms with Crippen molar-refractivity contribution in [1.29, 1.82) is 0 Å². The lowest BCUT2D eigenvalue weighted by Crippen LogP contribution is -2.41. The summed E-state index contributed by atoms with van der Waals surface area (Å²) < 4.78 is 5.80. The summed E-state index contributed by atoms with van der Waals surface area (Å²) in [6.45, 7) is 8.31. The SMILES string of the molecule is CCc1ncc(CN2CCC[C@H](c3nnc(CC)o3)[C@@H]2C)cn1. The number of piperidine rings is 1. The highest BCUT2D eigenvalue weighted by Gasteiger charge is 2.32. The molecule has 0 aliphatic carbocycles. The predicted octanol–water partition coefficient (Wildman–Crippen LogP) is 2.75. The van der Waals surface area contributed by atoms with Crippen molar-refractivity contribution in [3.63, 3.8) is 0 Å². The van der Waals surface area contributed by atoms with Crippen molar-refractivity contribution in [3.8, 4) is 0 Å². The number of aromatic nitrogens is 4. The van der Waals surface area contributed by atoms with Crippen LogP contribution in [0.3, 0.4) is 0 Å². The van der Waals surface area contributed by atoms with E-state index in [-0.39, 0.29) is 0 Å². The zero-order chi connectivity index (χ0) is 16.2. The molecule has 0 bridgehead atoms. The average Bonchev–Trinajstić information content (AvgIpc) is 3.06. The minimum absolute atomic E-state index is 0.312. The van der Waals surface area contributed by atoms with E-state index in [1.807, 2.05) is 19.3 Å². The van der Waals surface area contributed by atoms with Gasteiger partial charge in [0.2, 0.25) is 11.8 Å². The molecular weight excluding hydrogens is 290 g/mol. The topological polar surface area (TPSA) is 67.9 Å². The lowest BCUT2D eigenvalue weighted by Gasteiger charge is -2.37. The van der Waals surface area contributed by atoms with Gasteiger partial charge in [0.25, 0.3) is 0 Å². The van der Waals surface area contributed by atoms with Crippen molar-refractivity contribution in [2.75, 3.05) is 6.54 Å². The molecule has 1 aliphatic rings. The van der Waals surface area contributed by atoms with E-state index in [2.05, 4.69) is 38.9 Å². The van der Waals surface area contributed by atoms with E-state index in [1.165, 1.54) is 0 Å². The van der Waals surface area contributed by atoms with Crippen molar-refractivity contribution in [3.05, 3.63) is 35.6 Å². The van der Waals surface area contributed by atoms with Gasteiger partial charge in [-0.2, -0.15) is 0 Å². The summed E-state index contributed by atoms with van der Waals surface area (Å²) >= 11 is 0. The zero-order valence-electron chi connectivity index (χ0n) is 14.2. The molecule has 0 spiro atoms. The Labute approximate surface area is 137 Å². The third-order valence-electron chi connectivity index (χ3n) is 4.68. The van der Waals surface area contributed by atoms with Gasteiger partial charge < -0.3 is 4.42 Å². The molecule has 0 unspecified atom stereocenters. The van der Waals surface area contributed by atoms with Gasteiger partial charge in [-0.05, 0) is 26.3 Å². The molecule has 1 saturated heterocycles. The van der Waals surface area contributed by atoms with E-state index in [0.29, 0.717) is 12.0 Å². The van der Waals surface area contributed by atoms with Crippen LogP contribution in [0.5, 0.6) is 0 Å². The second-order valence-corrected chi connectivity index (χ2v) is 6.21. The summed E-state index contributed by atoms with van der Waals surface area (Å²) in [5, 5.41) is 8.37. The van der Waals surface area contributed by atoms with E-state index >= 15 is 0 Å². The smallest absolute Gasteiger partial charge is 0.221 e. The number of likely N-dealkylation sites (tertiary alicyclic amines) is 1. The fraction of sp³-hybridized carbons (Fsp3) is 0.647. The maximum atomic E-state index is 5.80. The number of nitrogens with zero attached hydrogens (tertiary/aromatic N) is 5. The van der Waals surface area contributed by atoms with Gasteiger partial charge in [0.1, 0.15) is 5.82 Å². The molecule has 0 amide bonds. The van der Waals surface area contributed by atoms with Crippen molar-refractivity contribution in [2.45, 2.75) is 65.0 Å². The highest BCUT2D eigenvalue weighted by atomic mass is 16.4. The Morgan fingerprint density at radius 2 is 1.96 bits per heavy atom. The molecule has 1 fully saturated rings. The average molecular weight is 315 g/mol. The molecule has 6 heteroatoms. The lowest BCUT2D eigenvalue weighted by molar-refractivity contribution is 0.118. The number of aryl methyl sites for hydroxylation is 2. The molecule has 23 heavy (non-hydrogen) atoms. The van der Waals surface area contributed by atoms with Gasteiger partial charge in [-0.15, -0.1) is 10.2 Å². The first-order valence-corrected chi connectivity index (χ1v) is 8.57. The van der Waals surface area contributed by atoms with Crippen LogP contribution < -0.4 is 0 Å². The van der Waals surface area contributed by atoms with Crippen LogP contribution >= 0.6 is 0 Å². The third kappa shape index (κ3) is 3.58. The first kappa shape index (κ1) is 16.1. The van der Waals surface area contributed by atoms with Gasteiger partial charge in [0, 0.05) is 43.4 Å². The molecule has 124 valence electrons. The van der Waals surface area contributed by atoms with Crippen molar-refractivity contribution < 1.29 is 4.42 Å². The van der Waals surface area contributed by atoms with Crippen LogP contribution in [-0.4, -0.2) is 37.7 Å². The highest BCUT2D eigenvalue weighted by molar-refractivity contribution is 5.07. The Morgan fingerprint density at radius 3 is 2.61 bits per heavy atom. The van der Waals surface area contributed by atoms with Gasteiger partial charge in [0.15, 0.2) is 0 Å². The summed E-state index contributed by atoms with van der Waals surface area (Å²) in [4.78, 5) is 11.3. The minimum atomic E-state index is 0.312. The summed E-state index contributed by atoms with van der Waals surface area (Å²) in [5.74, 6) is 2.73. The molecule has 0 aromatic carbocycles. The largest absolute Gasteiger partial charge is 0.425 e. The van der Waals surface area contributed by atoms with Gasteiger partial charge >= 0.3 is 0 Å². The van der Waals surface area contributed by atoms with E-state index in [9.17, 15) is 0 Å². The molecule has 2 atom stereocenters. The molecular formula is C17H25N5O. The third-order valence-corrected chi connectivity index (χ3v) is 4.68. The maximum absolute atomic E-state index is 5.80. The van der Waals surface area contributed by atoms with Gasteiger partial charge in [-0.3, -0.25) is 4.90 Å². The van der Waals surface area contributed by atoms with Crippen LogP contribution in [0.4, 0.5) is 0 Å². The maximum Gasteiger partial charge on any atom is 0.221 e. The molecule has 6 nitrogen and oxygen atoms in total.